The SMILES string of the molecule is O=C(O)c1ccc2nc(Cc3cc(F)c(-c4cccc(OCc5ccn[nH]5)n4)cc3F)n(CC3CCO3)c2c1. The summed E-state index contributed by atoms with van der Waals surface area (Å²) in [5, 5.41) is 16.1. The topological polar surface area (TPSA) is 115 Å². The lowest BCUT2D eigenvalue weighted by Crippen LogP contribution is -2.31. The molecule has 0 radical (unpaired) electrons. The number of aromatic carboxylic acids is 1. The van der Waals surface area contributed by atoms with Crippen LogP contribution in [0.5, 0.6) is 5.88 Å². The molecule has 3 aromatic heterocycles. The number of carboxylic acid groups (broad SMARTS) is 1. The molecular weight excluding hydrogens is 508 g/mol. The Balaban J connectivity index is 1.29. The van der Waals surface area contributed by atoms with Gasteiger partial charge in [-0.25, -0.2) is 23.5 Å². The van der Waals surface area contributed by atoms with E-state index in [1.54, 1.807) is 42.6 Å². The second-order valence-electron chi connectivity index (χ2n) is 9.26. The van der Waals surface area contributed by atoms with Crippen LogP contribution in [0, 0.1) is 11.6 Å². The Morgan fingerprint density at radius 2 is 2.00 bits per heavy atom. The molecule has 39 heavy (non-hydrogen) atoms. The molecule has 1 saturated heterocycles. The van der Waals surface area contributed by atoms with Crippen molar-refractivity contribution in [3.8, 4) is 17.1 Å². The van der Waals surface area contributed by atoms with Crippen LogP contribution >= 0.6 is 0 Å². The van der Waals surface area contributed by atoms with Gasteiger partial charge in [-0.1, -0.05) is 6.07 Å². The molecule has 198 valence electrons. The van der Waals surface area contributed by atoms with Crippen molar-refractivity contribution in [2.45, 2.75) is 32.1 Å². The highest BCUT2D eigenvalue weighted by Gasteiger charge is 2.23. The molecule has 1 fully saturated rings. The van der Waals surface area contributed by atoms with Crippen LogP contribution in [0.1, 0.15) is 33.9 Å². The standard InChI is InChI=1S/C28H23F2N5O4/c29-21-13-20(23-2-1-3-27(33-23)39-15-18-6-8-31-34-18)22(30)10-17(21)12-26-32-24-5-4-16(28(36)37)11-25(24)35(26)14-19-7-9-38-19/h1-6,8,10-11,13,19H,7,9,12,14-15H2,(H,31,34)(H,36,37). The van der Waals surface area contributed by atoms with Gasteiger partial charge in [-0.3, -0.25) is 5.10 Å². The zero-order valence-corrected chi connectivity index (χ0v) is 20.6. The third kappa shape index (κ3) is 5.08. The third-order valence-corrected chi connectivity index (χ3v) is 6.67. The first-order chi connectivity index (χ1) is 18.9. The second-order valence-corrected chi connectivity index (χ2v) is 9.26. The maximum atomic E-state index is 15.4. The van der Waals surface area contributed by atoms with Gasteiger partial charge in [0.05, 0.1) is 40.6 Å². The monoisotopic (exact) mass is 531 g/mol. The smallest absolute Gasteiger partial charge is 0.335 e. The van der Waals surface area contributed by atoms with E-state index in [1.165, 1.54) is 6.07 Å². The lowest BCUT2D eigenvalue weighted by molar-refractivity contribution is -0.0589. The molecule has 2 aromatic carbocycles. The van der Waals surface area contributed by atoms with Crippen LogP contribution in [0.25, 0.3) is 22.3 Å². The number of H-pyrrole nitrogens is 1. The van der Waals surface area contributed by atoms with Crippen molar-refractivity contribution in [1.29, 1.82) is 0 Å². The van der Waals surface area contributed by atoms with Crippen molar-refractivity contribution < 1.29 is 28.2 Å². The summed E-state index contributed by atoms with van der Waals surface area (Å²) in [5.74, 6) is -1.55. The van der Waals surface area contributed by atoms with Gasteiger partial charge in [0.25, 0.3) is 0 Å². The Kier molecular flexibility index (Phi) is 6.49. The number of rotatable bonds is 9. The van der Waals surface area contributed by atoms with Crippen molar-refractivity contribution in [2.24, 2.45) is 0 Å². The summed E-state index contributed by atoms with van der Waals surface area (Å²) in [6.07, 6.45) is 2.42. The third-order valence-electron chi connectivity index (χ3n) is 6.67. The normalized spacial score (nSPS) is 14.9. The Hall–Kier alpha value is -4.64. The van der Waals surface area contributed by atoms with Gasteiger partial charge in [-0.15, -0.1) is 0 Å². The van der Waals surface area contributed by atoms with Gasteiger partial charge in [0.1, 0.15) is 24.1 Å². The molecule has 0 bridgehead atoms. The highest BCUT2D eigenvalue weighted by Crippen LogP contribution is 2.29. The molecule has 1 aliphatic heterocycles. The summed E-state index contributed by atoms with van der Waals surface area (Å²) in [4.78, 5) is 20.5. The summed E-state index contributed by atoms with van der Waals surface area (Å²) in [7, 11) is 0. The van der Waals surface area contributed by atoms with Crippen molar-refractivity contribution in [2.75, 3.05) is 6.61 Å². The van der Waals surface area contributed by atoms with E-state index >= 15 is 8.78 Å². The van der Waals surface area contributed by atoms with E-state index in [1.807, 2.05) is 4.57 Å². The quantitative estimate of drug-likeness (QED) is 0.282. The molecule has 2 N–H and O–H groups in total. The number of pyridine rings is 1. The van der Waals surface area contributed by atoms with Gasteiger partial charge in [0.15, 0.2) is 0 Å². The van der Waals surface area contributed by atoms with Crippen molar-refractivity contribution in [1.82, 2.24) is 24.7 Å². The molecule has 9 nitrogen and oxygen atoms in total. The number of nitrogens with one attached hydrogen (secondary N) is 1. The number of aromatic amines is 1. The van der Waals surface area contributed by atoms with Gasteiger partial charge in [-0.2, -0.15) is 5.10 Å². The number of fused-ring (bicyclic) bond motifs is 1. The Morgan fingerprint density at radius 1 is 1.13 bits per heavy atom. The number of carboxylic acids is 1. The minimum absolute atomic E-state index is 0.00529. The van der Waals surface area contributed by atoms with Crippen LogP contribution in [0.15, 0.2) is 60.8 Å². The van der Waals surface area contributed by atoms with Gasteiger partial charge < -0.3 is 19.1 Å². The van der Waals surface area contributed by atoms with Crippen LogP contribution in [0.4, 0.5) is 8.78 Å². The summed E-state index contributed by atoms with van der Waals surface area (Å²) < 4.78 is 43.7. The van der Waals surface area contributed by atoms with E-state index in [-0.39, 0.29) is 47.4 Å². The average Bonchev–Trinajstić information content (AvgIpc) is 3.54. The maximum Gasteiger partial charge on any atom is 0.335 e. The number of halogens is 2. The largest absolute Gasteiger partial charge is 0.478 e. The first-order valence-corrected chi connectivity index (χ1v) is 12.3. The number of nitrogens with zero attached hydrogens (tertiary/aromatic N) is 4. The van der Waals surface area contributed by atoms with E-state index in [0.29, 0.717) is 30.0 Å². The van der Waals surface area contributed by atoms with Crippen molar-refractivity contribution in [3.63, 3.8) is 0 Å². The minimum Gasteiger partial charge on any atom is -0.478 e. The van der Waals surface area contributed by atoms with E-state index in [2.05, 4.69) is 20.2 Å². The summed E-state index contributed by atoms with van der Waals surface area (Å²) >= 11 is 0. The number of hydrogen-bond donors (Lipinski definition) is 2. The van der Waals surface area contributed by atoms with Crippen molar-refractivity contribution >= 4 is 17.0 Å². The van der Waals surface area contributed by atoms with E-state index in [9.17, 15) is 9.90 Å². The van der Waals surface area contributed by atoms with Gasteiger partial charge in [-0.05, 0) is 54.4 Å². The predicted molar refractivity (Wildman–Crippen MR) is 136 cm³/mol. The lowest BCUT2D eigenvalue weighted by atomic mass is 10.0. The summed E-state index contributed by atoms with van der Waals surface area (Å²) in [6, 6.07) is 13.5. The molecule has 6 rings (SSSR count). The zero-order chi connectivity index (χ0) is 26.9. The fraction of sp³-hybridized carbons (Fsp3) is 0.214. The molecule has 1 unspecified atom stereocenters. The zero-order valence-electron chi connectivity index (χ0n) is 20.6. The number of carbonyl (C=O) groups is 1. The first kappa shape index (κ1) is 24.7. The first-order valence-electron chi connectivity index (χ1n) is 12.3. The van der Waals surface area contributed by atoms with E-state index in [0.717, 1.165) is 24.2 Å². The number of hydrogen-bond acceptors (Lipinski definition) is 6. The Labute approximate surface area is 221 Å². The number of ether oxygens (including phenoxy) is 2. The number of benzene rings is 2. The van der Waals surface area contributed by atoms with Crippen LogP contribution < -0.4 is 4.74 Å². The van der Waals surface area contributed by atoms with Gasteiger partial charge in [0, 0.05) is 30.9 Å². The van der Waals surface area contributed by atoms with Crippen molar-refractivity contribution in [3.05, 3.63) is 95.1 Å². The molecule has 1 atom stereocenters. The van der Waals surface area contributed by atoms with E-state index < -0.39 is 17.6 Å². The fourth-order valence-electron chi connectivity index (χ4n) is 4.53. The summed E-state index contributed by atoms with van der Waals surface area (Å²) in [5.41, 5.74) is 2.40. The fourth-order valence-corrected chi connectivity index (χ4v) is 4.53. The van der Waals surface area contributed by atoms with Crippen LogP contribution in [0.3, 0.4) is 0 Å². The lowest BCUT2D eigenvalue weighted by Gasteiger charge is -2.27. The maximum absolute atomic E-state index is 15.4. The number of imidazole rings is 1. The molecule has 11 heteroatoms. The molecule has 0 aliphatic carbocycles. The highest BCUT2D eigenvalue weighted by atomic mass is 19.1. The second kappa shape index (κ2) is 10.3. The number of aromatic nitrogens is 5. The van der Waals surface area contributed by atoms with Crippen LogP contribution in [-0.4, -0.2) is 48.5 Å². The van der Waals surface area contributed by atoms with Crippen LogP contribution in [-0.2, 0) is 24.3 Å². The molecule has 1 aliphatic rings. The van der Waals surface area contributed by atoms with Gasteiger partial charge >= 0.3 is 5.97 Å². The molecule has 0 spiro atoms. The molecular formula is C28H23F2N5O4. The predicted octanol–water partition coefficient (Wildman–Crippen LogP) is 4.76. The summed E-state index contributed by atoms with van der Waals surface area (Å²) in [6.45, 7) is 1.29. The van der Waals surface area contributed by atoms with Gasteiger partial charge in [0.2, 0.25) is 5.88 Å². The molecule has 4 heterocycles. The van der Waals surface area contributed by atoms with E-state index in [4.69, 9.17) is 9.47 Å². The van der Waals surface area contributed by atoms with Crippen LogP contribution in [0.2, 0.25) is 0 Å². The molecule has 0 amide bonds. The Morgan fingerprint density at radius 3 is 2.74 bits per heavy atom. The highest BCUT2D eigenvalue weighted by molar-refractivity contribution is 5.92. The minimum atomic E-state index is -1.06. The molecule has 0 saturated carbocycles. The molecule has 5 aromatic rings. The average molecular weight is 532 g/mol. The Bertz CT molecular complexity index is 1660.